The molecule has 1 aliphatic rings. The fourth-order valence-corrected chi connectivity index (χ4v) is 3.10. The number of carbonyl (C=O) groups excluding carboxylic acids is 1. The van der Waals surface area contributed by atoms with Crippen LogP contribution in [0, 0.1) is 0 Å². The highest BCUT2D eigenvalue weighted by Gasteiger charge is 2.28. The number of rotatable bonds is 4. The fourth-order valence-electron chi connectivity index (χ4n) is 3.10. The molecule has 1 heterocycles. The van der Waals surface area contributed by atoms with Gasteiger partial charge in [-0.25, -0.2) is 4.79 Å². The Balaban J connectivity index is 1.97. The highest BCUT2D eigenvalue weighted by molar-refractivity contribution is 5.68. The van der Waals surface area contributed by atoms with Gasteiger partial charge in [-0.15, -0.1) is 0 Å². The van der Waals surface area contributed by atoms with Gasteiger partial charge < -0.3 is 14.7 Å². The maximum absolute atomic E-state index is 12.1. The van der Waals surface area contributed by atoms with E-state index in [4.69, 9.17) is 9.84 Å². The van der Waals surface area contributed by atoms with E-state index in [1.165, 1.54) is 5.56 Å². The van der Waals surface area contributed by atoms with Crippen LogP contribution in [0.3, 0.4) is 0 Å². The van der Waals surface area contributed by atoms with E-state index in [1.54, 1.807) is 4.90 Å². The van der Waals surface area contributed by atoms with Crippen molar-refractivity contribution in [3.63, 3.8) is 0 Å². The van der Waals surface area contributed by atoms with Crippen molar-refractivity contribution in [1.29, 1.82) is 0 Å². The lowest BCUT2D eigenvalue weighted by Crippen LogP contribution is -2.41. The number of hydrogen-bond acceptors (Lipinski definition) is 3. The van der Waals surface area contributed by atoms with Crippen LogP contribution in [0.15, 0.2) is 24.3 Å². The van der Waals surface area contributed by atoms with Crippen LogP contribution in [-0.2, 0) is 16.0 Å². The monoisotopic (exact) mass is 333 g/mol. The van der Waals surface area contributed by atoms with Gasteiger partial charge in [0.25, 0.3) is 0 Å². The standard InChI is InChI=1S/C19H27NO4/c1-19(2,3)24-18(23)20-12-10-15(11-13-20)16-7-5-4-6-14(16)8-9-17(21)22/h4-7,15H,8-13H2,1-3H3,(H,21,22). The Hall–Kier alpha value is -2.04. The molecule has 0 atom stereocenters. The molecule has 0 spiro atoms. The number of nitrogens with zero attached hydrogens (tertiary/aromatic N) is 1. The summed E-state index contributed by atoms with van der Waals surface area (Å²) in [5, 5.41) is 8.91. The number of aliphatic carboxylic acids is 1. The summed E-state index contributed by atoms with van der Waals surface area (Å²) in [6.07, 6.45) is 2.21. The normalized spacial score (nSPS) is 16.0. The van der Waals surface area contributed by atoms with Crippen LogP contribution >= 0.6 is 0 Å². The molecule has 0 aliphatic carbocycles. The van der Waals surface area contributed by atoms with Gasteiger partial charge in [-0.2, -0.15) is 0 Å². The third-order valence-corrected chi connectivity index (χ3v) is 4.25. The molecular weight excluding hydrogens is 306 g/mol. The summed E-state index contributed by atoms with van der Waals surface area (Å²) in [6, 6.07) is 8.06. The van der Waals surface area contributed by atoms with Crippen molar-refractivity contribution in [3.8, 4) is 0 Å². The number of carbonyl (C=O) groups is 2. The Morgan fingerprint density at radius 2 is 1.83 bits per heavy atom. The van der Waals surface area contributed by atoms with Crippen LogP contribution in [0.5, 0.6) is 0 Å². The Morgan fingerprint density at radius 1 is 1.21 bits per heavy atom. The van der Waals surface area contributed by atoms with E-state index in [0.29, 0.717) is 25.4 Å². The van der Waals surface area contributed by atoms with Gasteiger partial charge in [0.15, 0.2) is 0 Å². The Morgan fingerprint density at radius 3 is 2.42 bits per heavy atom. The van der Waals surface area contributed by atoms with Gasteiger partial charge in [0.1, 0.15) is 5.60 Å². The summed E-state index contributed by atoms with van der Waals surface area (Å²) in [7, 11) is 0. The van der Waals surface area contributed by atoms with Gasteiger partial charge in [-0.1, -0.05) is 24.3 Å². The number of aryl methyl sites for hydroxylation is 1. The number of hydrogen-bond donors (Lipinski definition) is 1. The van der Waals surface area contributed by atoms with E-state index < -0.39 is 11.6 Å². The third-order valence-electron chi connectivity index (χ3n) is 4.25. The van der Waals surface area contributed by atoms with E-state index in [0.717, 1.165) is 18.4 Å². The average Bonchev–Trinajstić information content (AvgIpc) is 2.52. The molecule has 1 aromatic carbocycles. The summed E-state index contributed by atoms with van der Waals surface area (Å²) in [5.41, 5.74) is 1.86. The number of amides is 1. The summed E-state index contributed by atoms with van der Waals surface area (Å²) < 4.78 is 5.43. The number of likely N-dealkylation sites (tertiary alicyclic amines) is 1. The van der Waals surface area contributed by atoms with Crippen LogP contribution in [0.4, 0.5) is 4.79 Å². The topological polar surface area (TPSA) is 66.8 Å². The maximum Gasteiger partial charge on any atom is 0.410 e. The summed E-state index contributed by atoms with van der Waals surface area (Å²) >= 11 is 0. The number of benzene rings is 1. The highest BCUT2D eigenvalue weighted by atomic mass is 16.6. The summed E-state index contributed by atoms with van der Waals surface area (Å²) in [4.78, 5) is 24.7. The zero-order chi connectivity index (χ0) is 17.7. The second-order valence-corrected chi connectivity index (χ2v) is 7.33. The second kappa shape index (κ2) is 7.69. The zero-order valence-electron chi connectivity index (χ0n) is 14.7. The lowest BCUT2D eigenvalue weighted by atomic mass is 9.85. The van der Waals surface area contributed by atoms with Gasteiger partial charge in [0, 0.05) is 19.5 Å². The molecule has 24 heavy (non-hydrogen) atoms. The van der Waals surface area contributed by atoms with Crippen LogP contribution in [0.2, 0.25) is 0 Å². The first kappa shape index (κ1) is 18.3. The number of piperidine rings is 1. The SMILES string of the molecule is CC(C)(C)OC(=O)N1CCC(c2ccccc2CCC(=O)O)CC1. The summed E-state index contributed by atoms with van der Waals surface area (Å²) in [5.74, 6) is -0.404. The van der Waals surface area contributed by atoms with Crippen LogP contribution in [0.1, 0.15) is 57.1 Å². The van der Waals surface area contributed by atoms with Crippen molar-refractivity contribution in [1.82, 2.24) is 4.90 Å². The van der Waals surface area contributed by atoms with E-state index in [2.05, 4.69) is 6.07 Å². The van der Waals surface area contributed by atoms with Gasteiger partial charge in [0.2, 0.25) is 0 Å². The number of carboxylic acids is 1. The molecule has 0 aromatic heterocycles. The first-order valence-corrected chi connectivity index (χ1v) is 8.54. The molecular formula is C19H27NO4. The van der Waals surface area contributed by atoms with Crippen molar-refractivity contribution in [2.75, 3.05) is 13.1 Å². The minimum absolute atomic E-state index is 0.147. The van der Waals surface area contributed by atoms with Crippen molar-refractivity contribution in [2.24, 2.45) is 0 Å². The molecule has 132 valence electrons. The maximum atomic E-state index is 12.1. The lowest BCUT2D eigenvalue weighted by molar-refractivity contribution is -0.136. The van der Waals surface area contributed by atoms with Crippen molar-refractivity contribution in [3.05, 3.63) is 35.4 Å². The molecule has 1 saturated heterocycles. The Kier molecular flexibility index (Phi) is 5.86. The molecule has 0 unspecified atom stereocenters. The second-order valence-electron chi connectivity index (χ2n) is 7.33. The third kappa shape index (κ3) is 5.25. The molecule has 0 radical (unpaired) electrons. The molecule has 2 rings (SSSR count). The van der Waals surface area contributed by atoms with Gasteiger partial charge in [-0.3, -0.25) is 4.79 Å². The molecule has 5 heteroatoms. The molecule has 1 aromatic rings. The molecule has 1 amide bonds. The first-order valence-electron chi connectivity index (χ1n) is 8.54. The zero-order valence-corrected chi connectivity index (χ0v) is 14.7. The Labute approximate surface area is 143 Å². The predicted octanol–water partition coefficient (Wildman–Crippen LogP) is 3.82. The fraction of sp³-hybridized carbons (Fsp3) is 0.579. The van der Waals surface area contributed by atoms with Gasteiger partial charge >= 0.3 is 12.1 Å². The molecule has 5 nitrogen and oxygen atoms in total. The molecule has 0 bridgehead atoms. The minimum Gasteiger partial charge on any atom is -0.481 e. The van der Waals surface area contributed by atoms with Crippen LogP contribution < -0.4 is 0 Å². The van der Waals surface area contributed by atoms with Crippen molar-refractivity contribution >= 4 is 12.1 Å². The van der Waals surface area contributed by atoms with Crippen LogP contribution in [-0.4, -0.2) is 40.8 Å². The number of ether oxygens (including phenoxy) is 1. The minimum atomic E-state index is -0.774. The van der Waals surface area contributed by atoms with Crippen molar-refractivity contribution in [2.45, 2.75) is 58.0 Å². The molecule has 1 N–H and O–H groups in total. The van der Waals surface area contributed by atoms with Crippen LogP contribution in [0.25, 0.3) is 0 Å². The summed E-state index contributed by atoms with van der Waals surface area (Å²) in [6.45, 7) is 6.96. The first-order chi connectivity index (χ1) is 11.3. The largest absolute Gasteiger partial charge is 0.481 e. The van der Waals surface area contributed by atoms with E-state index in [1.807, 2.05) is 39.0 Å². The number of carboxylic acid groups (broad SMARTS) is 1. The average molecular weight is 333 g/mol. The van der Waals surface area contributed by atoms with E-state index in [9.17, 15) is 9.59 Å². The van der Waals surface area contributed by atoms with Crippen molar-refractivity contribution < 1.29 is 19.4 Å². The molecule has 1 fully saturated rings. The van der Waals surface area contributed by atoms with Gasteiger partial charge in [0.05, 0.1) is 0 Å². The smallest absolute Gasteiger partial charge is 0.410 e. The lowest BCUT2D eigenvalue weighted by Gasteiger charge is -2.34. The molecule has 1 aliphatic heterocycles. The Bertz CT molecular complexity index is 583. The van der Waals surface area contributed by atoms with E-state index >= 15 is 0 Å². The predicted molar refractivity (Wildman–Crippen MR) is 92.2 cm³/mol. The van der Waals surface area contributed by atoms with E-state index in [-0.39, 0.29) is 12.5 Å². The molecule has 0 saturated carbocycles. The quantitative estimate of drug-likeness (QED) is 0.909. The highest BCUT2D eigenvalue weighted by Crippen LogP contribution is 2.31. The van der Waals surface area contributed by atoms with Gasteiger partial charge in [-0.05, 0) is 57.1 Å².